The molecule has 0 saturated heterocycles. The normalized spacial score (nSPS) is 10.8. The van der Waals surface area contributed by atoms with Gasteiger partial charge in [-0.25, -0.2) is 4.79 Å². The van der Waals surface area contributed by atoms with E-state index >= 15 is 0 Å². The lowest BCUT2D eigenvalue weighted by Gasteiger charge is -2.02. The molecular weight excluding hydrogens is 270 g/mol. The predicted molar refractivity (Wildman–Crippen MR) is 66.7 cm³/mol. The first-order valence-electron chi connectivity index (χ1n) is 4.88. The molecule has 0 bridgehead atoms. The smallest absolute Gasteiger partial charge is 0.354 e. The van der Waals surface area contributed by atoms with Crippen molar-refractivity contribution in [3.05, 3.63) is 33.9 Å². The Hall–Kier alpha value is -1.29. The van der Waals surface area contributed by atoms with Crippen molar-refractivity contribution >= 4 is 32.8 Å². The molecule has 3 nitrogen and oxygen atoms in total. The highest BCUT2D eigenvalue weighted by Gasteiger charge is 2.15. The van der Waals surface area contributed by atoms with Gasteiger partial charge in [0.05, 0.1) is 7.11 Å². The van der Waals surface area contributed by atoms with Gasteiger partial charge in [-0.3, -0.25) is 0 Å². The van der Waals surface area contributed by atoms with Crippen molar-refractivity contribution < 1.29 is 9.53 Å². The molecule has 0 amide bonds. The topological polar surface area (TPSA) is 31.2 Å². The molecule has 84 valence electrons. The Kier molecular flexibility index (Phi) is 2.76. The molecule has 2 aromatic rings. The number of aryl methyl sites for hydroxylation is 2. The van der Waals surface area contributed by atoms with E-state index in [1.807, 2.05) is 36.7 Å². The van der Waals surface area contributed by atoms with Gasteiger partial charge in [-0.15, -0.1) is 0 Å². The van der Waals surface area contributed by atoms with Crippen LogP contribution in [0.25, 0.3) is 10.9 Å². The van der Waals surface area contributed by atoms with Gasteiger partial charge >= 0.3 is 5.97 Å². The summed E-state index contributed by atoms with van der Waals surface area (Å²) in [6.07, 6.45) is 0. The minimum Gasteiger partial charge on any atom is -0.464 e. The van der Waals surface area contributed by atoms with E-state index in [1.54, 1.807) is 0 Å². The molecular formula is C12H12BrNO2. The molecule has 0 aliphatic carbocycles. The van der Waals surface area contributed by atoms with Crippen molar-refractivity contribution in [3.8, 4) is 0 Å². The van der Waals surface area contributed by atoms with Crippen LogP contribution in [0.4, 0.5) is 0 Å². The Morgan fingerprint density at radius 1 is 1.38 bits per heavy atom. The number of hydrogen-bond acceptors (Lipinski definition) is 2. The average molecular weight is 282 g/mol. The van der Waals surface area contributed by atoms with Crippen LogP contribution >= 0.6 is 15.9 Å². The summed E-state index contributed by atoms with van der Waals surface area (Å²) in [4.78, 5) is 11.5. The maximum atomic E-state index is 11.5. The Morgan fingerprint density at radius 2 is 2.06 bits per heavy atom. The van der Waals surface area contributed by atoms with E-state index in [1.165, 1.54) is 7.11 Å². The molecule has 1 aromatic carbocycles. The third-order valence-corrected chi connectivity index (χ3v) is 3.31. The molecule has 0 spiro atoms. The van der Waals surface area contributed by atoms with E-state index < -0.39 is 0 Å². The van der Waals surface area contributed by atoms with Crippen LogP contribution < -0.4 is 0 Å². The molecule has 0 fully saturated rings. The molecule has 0 radical (unpaired) electrons. The van der Waals surface area contributed by atoms with Crippen LogP contribution in [0.5, 0.6) is 0 Å². The number of aromatic nitrogens is 1. The van der Waals surface area contributed by atoms with E-state index in [0.29, 0.717) is 5.69 Å². The molecule has 0 saturated carbocycles. The average Bonchev–Trinajstić information content (AvgIpc) is 2.56. The summed E-state index contributed by atoms with van der Waals surface area (Å²) < 4.78 is 7.58. The summed E-state index contributed by atoms with van der Waals surface area (Å²) in [5.74, 6) is -0.316. The minimum absolute atomic E-state index is 0.316. The first-order valence-corrected chi connectivity index (χ1v) is 5.67. The van der Waals surface area contributed by atoms with Crippen LogP contribution in [-0.2, 0) is 11.8 Å². The number of ether oxygens (including phenoxy) is 1. The number of rotatable bonds is 1. The van der Waals surface area contributed by atoms with Crippen molar-refractivity contribution in [1.82, 2.24) is 4.57 Å². The highest BCUT2D eigenvalue weighted by atomic mass is 79.9. The Labute approximate surface area is 102 Å². The zero-order valence-corrected chi connectivity index (χ0v) is 11.0. The van der Waals surface area contributed by atoms with Gasteiger partial charge in [-0.2, -0.15) is 0 Å². The summed E-state index contributed by atoms with van der Waals surface area (Å²) in [5.41, 5.74) is 2.73. The number of carbonyl (C=O) groups is 1. The summed E-state index contributed by atoms with van der Waals surface area (Å²) in [6.45, 7) is 2.02. The number of halogens is 1. The summed E-state index contributed by atoms with van der Waals surface area (Å²) in [6, 6.07) is 5.92. The van der Waals surface area contributed by atoms with Crippen LogP contribution in [-0.4, -0.2) is 17.6 Å². The lowest BCUT2D eigenvalue weighted by Crippen LogP contribution is -2.06. The fourth-order valence-electron chi connectivity index (χ4n) is 1.82. The highest BCUT2D eigenvalue weighted by molar-refractivity contribution is 9.10. The van der Waals surface area contributed by atoms with E-state index in [4.69, 9.17) is 4.74 Å². The monoisotopic (exact) mass is 281 g/mol. The Balaban J connectivity index is 2.77. The van der Waals surface area contributed by atoms with Gasteiger partial charge in [0, 0.05) is 22.4 Å². The number of hydrogen-bond donors (Lipinski definition) is 0. The molecule has 1 heterocycles. The third kappa shape index (κ3) is 1.63. The van der Waals surface area contributed by atoms with Gasteiger partial charge in [0.1, 0.15) is 5.69 Å². The maximum Gasteiger partial charge on any atom is 0.354 e. The van der Waals surface area contributed by atoms with Crippen LogP contribution in [0, 0.1) is 6.92 Å². The van der Waals surface area contributed by atoms with Crippen molar-refractivity contribution in [2.75, 3.05) is 7.11 Å². The molecule has 0 unspecified atom stereocenters. The Morgan fingerprint density at radius 3 is 2.69 bits per heavy atom. The van der Waals surface area contributed by atoms with Crippen molar-refractivity contribution in [2.45, 2.75) is 6.92 Å². The second-order valence-electron chi connectivity index (χ2n) is 3.76. The number of carbonyl (C=O) groups excluding carboxylic acids is 1. The van der Waals surface area contributed by atoms with E-state index in [9.17, 15) is 4.79 Å². The molecule has 16 heavy (non-hydrogen) atoms. The summed E-state index contributed by atoms with van der Waals surface area (Å²) in [5, 5.41) is 1.02. The molecule has 0 aliphatic heterocycles. The van der Waals surface area contributed by atoms with Crippen molar-refractivity contribution in [3.63, 3.8) is 0 Å². The van der Waals surface area contributed by atoms with E-state index in [2.05, 4.69) is 15.9 Å². The molecule has 0 aliphatic rings. The molecule has 0 atom stereocenters. The maximum absolute atomic E-state index is 11.5. The Bertz CT molecular complexity index is 572. The van der Waals surface area contributed by atoms with Gasteiger partial charge in [0.25, 0.3) is 0 Å². The number of fused-ring (bicyclic) bond motifs is 1. The third-order valence-electron chi connectivity index (χ3n) is 2.65. The molecule has 0 N–H and O–H groups in total. The number of methoxy groups -OCH3 is 1. The lowest BCUT2D eigenvalue weighted by atomic mass is 10.2. The van der Waals surface area contributed by atoms with Crippen LogP contribution in [0.2, 0.25) is 0 Å². The van der Waals surface area contributed by atoms with Crippen LogP contribution in [0.3, 0.4) is 0 Å². The van der Waals surface area contributed by atoms with E-state index in [-0.39, 0.29) is 5.97 Å². The number of esters is 1. The minimum atomic E-state index is -0.316. The van der Waals surface area contributed by atoms with Crippen molar-refractivity contribution in [1.29, 1.82) is 0 Å². The number of nitrogens with zero attached hydrogens (tertiary/aromatic N) is 1. The van der Waals surface area contributed by atoms with Gasteiger partial charge in [-0.05, 0) is 30.7 Å². The first-order chi connectivity index (χ1) is 7.54. The van der Waals surface area contributed by atoms with Crippen molar-refractivity contribution in [2.24, 2.45) is 7.05 Å². The quantitative estimate of drug-likeness (QED) is 0.753. The lowest BCUT2D eigenvalue weighted by molar-refractivity contribution is 0.0590. The standard InChI is InChI=1S/C12H12BrNO2/c1-7-4-9(13)8-6-11(12(15)16-3)14(2)10(8)5-7/h4-6H,1-3H3. The fraction of sp³-hybridized carbons (Fsp3) is 0.250. The fourth-order valence-corrected chi connectivity index (χ4v) is 2.50. The van der Waals surface area contributed by atoms with Gasteiger partial charge in [0.2, 0.25) is 0 Å². The van der Waals surface area contributed by atoms with Crippen LogP contribution in [0.1, 0.15) is 16.1 Å². The zero-order valence-electron chi connectivity index (χ0n) is 9.37. The second kappa shape index (κ2) is 3.94. The molecule has 4 heteroatoms. The molecule has 2 rings (SSSR count). The van der Waals surface area contributed by atoms with E-state index in [0.717, 1.165) is 20.9 Å². The predicted octanol–water partition coefficient (Wildman–Crippen LogP) is 3.04. The van der Waals surface area contributed by atoms with Gasteiger partial charge < -0.3 is 9.30 Å². The largest absolute Gasteiger partial charge is 0.464 e. The second-order valence-corrected chi connectivity index (χ2v) is 4.61. The van der Waals surface area contributed by atoms with Gasteiger partial charge in [-0.1, -0.05) is 15.9 Å². The SMILES string of the molecule is COC(=O)c1cc2c(Br)cc(C)cc2n1C. The molecule has 1 aromatic heterocycles. The summed E-state index contributed by atoms with van der Waals surface area (Å²) >= 11 is 3.50. The first kappa shape index (κ1) is 11.2. The zero-order chi connectivity index (χ0) is 11.9. The van der Waals surface area contributed by atoms with Crippen LogP contribution in [0.15, 0.2) is 22.7 Å². The number of benzene rings is 1. The summed E-state index contributed by atoms with van der Waals surface area (Å²) in [7, 11) is 3.25. The highest BCUT2D eigenvalue weighted by Crippen LogP contribution is 2.28. The van der Waals surface area contributed by atoms with Gasteiger partial charge in [0.15, 0.2) is 0 Å².